The van der Waals surface area contributed by atoms with Gasteiger partial charge in [0, 0.05) is 25.4 Å². The molecule has 0 spiro atoms. The van der Waals surface area contributed by atoms with E-state index in [1.807, 2.05) is 6.92 Å². The molecule has 1 fully saturated rings. The van der Waals surface area contributed by atoms with E-state index in [4.69, 9.17) is 5.73 Å². The Labute approximate surface area is 110 Å². The van der Waals surface area contributed by atoms with Gasteiger partial charge >= 0.3 is 0 Å². The van der Waals surface area contributed by atoms with Gasteiger partial charge in [-0.15, -0.1) is 0 Å². The number of rotatable bonds is 6. The lowest BCUT2D eigenvalue weighted by molar-refractivity contribution is -0.123. The number of nitrogens with zero attached hydrogens (tertiary/aromatic N) is 1. The Hall–Kier alpha value is -0.460. The van der Waals surface area contributed by atoms with Gasteiger partial charge in [-0.25, -0.2) is 12.7 Å². The van der Waals surface area contributed by atoms with Crippen LogP contribution in [-0.2, 0) is 14.8 Å². The molecule has 0 aliphatic carbocycles. The summed E-state index contributed by atoms with van der Waals surface area (Å²) in [5, 5.41) is 0. The maximum absolute atomic E-state index is 11.9. The molecule has 0 amide bonds. The summed E-state index contributed by atoms with van der Waals surface area (Å²) in [6, 6.07) is 0. The summed E-state index contributed by atoms with van der Waals surface area (Å²) in [7, 11) is -3.12. The summed E-state index contributed by atoms with van der Waals surface area (Å²) in [5.74, 6) is 0.366. The fraction of sp³-hybridized carbons (Fsp3) is 0.917. The van der Waals surface area contributed by atoms with Crippen molar-refractivity contribution in [3.8, 4) is 0 Å². The molecule has 0 saturated carbocycles. The van der Waals surface area contributed by atoms with Crippen molar-refractivity contribution >= 4 is 15.8 Å². The van der Waals surface area contributed by atoms with E-state index in [1.165, 1.54) is 10.6 Å². The summed E-state index contributed by atoms with van der Waals surface area (Å²) in [5.41, 5.74) is 5.44. The highest BCUT2D eigenvalue weighted by atomic mass is 32.2. The third kappa shape index (κ3) is 4.66. The first kappa shape index (κ1) is 15.6. The smallest absolute Gasteiger partial charge is 0.211 e. The van der Waals surface area contributed by atoms with E-state index in [0.717, 1.165) is 12.8 Å². The van der Waals surface area contributed by atoms with Gasteiger partial charge in [0.05, 0.1) is 6.26 Å². The van der Waals surface area contributed by atoms with E-state index in [-0.39, 0.29) is 17.6 Å². The van der Waals surface area contributed by atoms with Crippen molar-refractivity contribution < 1.29 is 13.2 Å². The molecular formula is C12H24N2O3S. The Morgan fingerprint density at radius 1 is 1.50 bits per heavy atom. The monoisotopic (exact) mass is 276 g/mol. The summed E-state index contributed by atoms with van der Waals surface area (Å²) >= 11 is 0. The average Bonchev–Trinajstić information content (AvgIpc) is 2.28. The van der Waals surface area contributed by atoms with Crippen molar-refractivity contribution in [3.63, 3.8) is 0 Å². The molecule has 18 heavy (non-hydrogen) atoms. The Balaban J connectivity index is 2.50. The summed E-state index contributed by atoms with van der Waals surface area (Å²) in [6.45, 7) is 3.49. The zero-order chi connectivity index (χ0) is 13.8. The fourth-order valence-electron chi connectivity index (χ4n) is 2.39. The first-order valence-corrected chi connectivity index (χ1v) is 8.37. The highest BCUT2D eigenvalue weighted by molar-refractivity contribution is 7.88. The number of carbonyl (C=O) groups excluding carboxylic acids is 1. The third-order valence-electron chi connectivity index (χ3n) is 3.59. The molecule has 1 rings (SSSR count). The van der Waals surface area contributed by atoms with E-state index in [9.17, 15) is 13.2 Å². The van der Waals surface area contributed by atoms with Gasteiger partial charge in [-0.1, -0.05) is 6.92 Å². The van der Waals surface area contributed by atoms with Gasteiger partial charge in [0.2, 0.25) is 10.0 Å². The molecule has 0 aromatic heterocycles. The van der Waals surface area contributed by atoms with E-state index >= 15 is 0 Å². The van der Waals surface area contributed by atoms with Crippen LogP contribution in [0.1, 0.15) is 32.6 Å². The fourth-order valence-corrected chi connectivity index (χ4v) is 3.33. The van der Waals surface area contributed by atoms with E-state index in [1.54, 1.807) is 0 Å². The predicted molar refractivity (Wildman–Crippen MR) is 71.6 cm³/mol. The van der Waals surface area contributed by atoms with Gasteiger partial charge in [-0.2, -0.15) is 0 Å². The maximum Gasteiger partial charge on any atom is 0.211 e. The number of carbonyl (C=O) groups is 1. The Kier molecular flexibility index (Phi) is 5.75. The molecule has 0 radical (unpaired) electrons. The highest BCUT2D eigenvalue weighted by Crippen LogP contribution is 2.23. The van der Waals surface area contributed by atoms with Crippen LogP contribution in [0, 0.1) is 11.8 Å². The number of ketones is 1. The number of hydrogen-bond acceptors (Lipinski definition) is 4. The van der Waals surface area contributed by atoms with Crippen molar-refractivity contribution in [1.82, 2.24) is 4.31 Å². The van der Waals surface area contributed by atoms with E-state index < -0.39 is 10.0 Å². The lowest BCUT2D eigenvalue weighted by atomic mass is 9.89. The largest absolute Gasteiger partial charge is 0.330 e. The van der Waals surface area contributed by atoms with Gasteiger partial charge in [-0.3, -0.25) is 4.79 Å². The highest BCUT2D eigenvalue weighted by Gasteiger charge is 2.28. The van der Waals surface area contributed by atoms with Gasteiger partial charge in [0.25, 0.3) is 0 Å². The van der Waals surface area contributed by atoms with Crippen molar-refractivity contribution in [2.45, 2.75) is 32.6 Å². The predicted octanol–water partition coefficient (Wildman–Crippen LogP) is 0.602. The topological polar surface area (TPSA) is 80.5 Å². The van der Waals surface area contributed by atoms with Crippen LogP contribution in [0.2, 0.25) is 0 Å². The summed E-state index contributed by atoms with van der Waals surface area (Å²) in [6.07, 6.45) is 4.20. The SMILES string of the molecule is CC(CCN)C(=O)CC1CCCN(S(C)(=O)=O)C1. The number of sulfonamides is 1. The Morgan fingerprint density at radius 3 is 2.72 bits per heavy atom. The molecular weight excluding hydrogens is 252 g/mol. The van der Waals surface area contributed by atoms with Crippen LogP contribution in [0.5, 0.6) is 0 Å². The van der Waals surface area contributed by atoms with E-state index in [2.05, 4.69) is 0 Å². The standard InChI is InChI=1S/C12H24N2O3S/c1-10(5-6-13)12(15)8-11-4-3-7-14(9-11)18(2,16)17/h10-11H,3-9,13H2,1-2H3. The number of piperidine rings is 1. The summed E-state index contributed by atoms with van der Waals surface area (Å²) < 4.78 is 24.4. The third-order valence-corrected chi connectivity index (χ3v) is 4.86. The normalized spacial score (nSPS) is 23.8. The molecule has 0 aromatic carbocycles. The number of Topliss-reactive ketones (excluding diaryl/α,β-unsaturated/α-hetero) is 1. The second-order valence-corrected chi connectivity index (χ2v) is 7.26. The lowest BCUT2D eigenvalue weighted by Gasteiger charge is -2.31. The molecule has 2 N–H and O–H groups in total. The van der Waals surface area contributed by atoms with Crippen molar-refractivity contribution in [2.24, 2.45) is 17.6 Å². The van der Waals surface area contributed by atoms with E-state index in [0.29, 0.717) is 32.5 Å². The Bertz CT molecular complexity index is 381. The minimum absolute atomic E-state index is 0.0105. The number of hydrogen-bond donors (Lipinski definition) is 1. The van der Waals surface area contributed by atoms with Crippen LogP contribution in [0.4, 0.5) is 0 Å². The van der Waals surface area contributed by atoms with Crippen molar-refractivity contribution in [2.75, 3.05) is 25.9 Å². The zero-order valence-electron chi connectivity index (χ0n) is 11.3. The second kappa shape index (κ2) is 6.63. The van der Waals surface area contributed by atoms with Crippen LogP contribution in [0.25, 0.3) is 0 Å². The molecule has 1 aliphatic heterocycles. The van der Waals surface area contributed by atoms with Gasteiger partial charge in [-0.05, 0) is 31.7 Å². The van der Waals surface area contributed by atoms with Crippen LogP contribution < -0.4 is 5.73 Å². The van der Waals surface area contributed by atoms with Crippen molar-refractivity contribution in [3.05, 3.63) is 0 Å². The zero-order valence-corrected chi connectivity index (χ0v) is 12.1. The first-order chi connectivity index (χ1) is 8.34. The molecule has 1 saturated heterocycles. The molecule has 1 heterocycles. The van der Waals surface area contributed by atoms with Gasteiger partial charge < -0.3 is 5.73 Å². The first-order valence-electron chi connectivity index (χ1n) is 6.52. The quantitative estimate of drug-likeness (QED) is 0.770. The molecule has 0 bridgehead atoms. The minimum atomic E-state index is -3.12. The Morgan fingerprint density at radius 2 is 2.17 bits per heavy atom. The molecule has 106 valence electrons. The van der Waals surface area contributed by atoms with Crippen LogP contribution in [0.3, 0.4) is 0 Å². The van der Waals surface area contributed by atoms with Crippen LogP contribution >= 0.6 is 0 Å². The van der Waals surface area contributed by atoms with Crippen molar-refractivity contribution in [1.29, 1.82) is 0 Å². The molecule has 6 heteroatoms. The molecule has 1 aliphatic rings. The van der Waals surface area contributed by atoms with Gasteiger partial charge in [0.1, 0.15) is 5.78 Å². The molecule has 0 aromatic rings. The number of nitrogens with two attached hydrogens (primary N) is 1. The van der Waals surface area contributed by atoms with Crippen LogP contribution in [0.15, 0.2) is 0 Å². The molecule has 2 unspecified atom stereocenters. The summed E-state index contributed by atoms with van der Waals surface area (Å²) in [4.78, 5) is 11.9. The average molecular weight is 276 g/mol. The van der Waals surface area contributed by atoms with Crippen LogP contribution in [-0.4, -0.2) is 44.4 Å². The molecule has 2 atom stereocenters. The second-order valence-electron chi connectivity index (χ2n) is 5.28. The lowest BCUT2D eigenvalue weighted by Crippen LogP contribution is -2.40. The van der Waals surface area contributed by atoms with Gasteiger partial charge in [0.15, 0.2) is 0 Å². The maximum atomic E-state index is 11.9. The minimum Gasteiger partial charge on any atom is -0.330 e. The molecule has 5 nitrogen and oxygen atoms in total.